The standard InChI is InChI=1S/C15H27N3O2/c1-12(2)5-6-14(19)18-9-3-4-13(18)15(20)17-10-7-16-8-11-17/h12-13,16H,3-11H2,1-2H3. The molecule has 1 atom stereocenters. The quantitative estimate of drug-likeness (QED) is 0.831. The maximum Gasteiger partial charge on any atom is 0.245 e. The molecule has 20 heavy (non-hydrogen) atoms. The van der Waals surface area contributed by atoms with Crippen LogP contribution >= 0.6 is 0 Å². The van der Waals surface area contributed by atoms with E-state index >= 15 is 0 Å². The van der Waals surface area contributed by atoms with Crippen LogP contribution in [0.3, 0.4) is 0 Å². The summed E-state index contributed by atoms with van der Waals surface area (Å²) in [5, 5.41) is 3.25. The summed E-state index contributed by atoms with van der Waals surface area (Å²) in [6.45, 7) is 8.26. The van der Waals surface area contributed by atoms with Gasteiger partial charge in [-0.1, -0.05) is 13.8 Å². The average molecular weight is 281 g/mol. The highest BCUT2D eigenvalue weighted by Gasteiger charge is 2.36. The third kappa shape index (κ3) is 3.72. The summed E-state index contributed by atoms with van der Waals surface area (Å²) >= 11 is 0. The van der Waals surface area contributed by atoms with Crippen LogP contribution in [0.2, 0.25) is 0 Å². The van der Waals surface area contributed by atoms with Crippen molar-refractivity contribution in [1.29, 1.82) is 0 Å². The van der Waals surface area contributed by atoms with Gasteiger partial charge in [0.1, 0.15) is 6.04 Å². The first-order valence-electron chi connectivity index (χ1n) is 7.88. The summed E-state index contributed by atoms with van der Waals surface area (Å²) in [6.07, 6.45) is 3.26. The fourth-order valence-electron chi connectivity index (χ4n) is 2.97. The molecule has 0 aromatic rings. The predicted octanol–water partition coefficient (Wildman–Crippen LogP) is 0.845. The molecule has 1 unspecified atom stereocenters. The van der Waals surface area contributed by atoms with E-state index < -0.39 is 0 Å². The average Bonchev–Trinajstić information content (AvgIpc) is 2.94. The van der Waals surface area contributed by atoms with E-state index in [1.807, 2.05) is 9.80 Å². The Morgan fingerprint density at radius 3 is 2.55 bits per heavy atom. The maximum absolute atomic E-state index is 12.6. The van der Waals surface area contributed by atoms with Crippen molar-refractivity contribution in [3.63, 3.8) is 0 Å². The molecule has 2 aliphatic rings. The van der Waals surface area contributed by atoms with Gasteiger partial charge in [-0.15, -0.1) is 0 Å². The minimum absolute atomic E-state index is 0.155. The molecule has 2 saturated heterocycles. The third-order valence-corrected chi connectivity index (χ3v) is 4.22. The smallest absolute Gasteiger partial charge is 0.245 e. The second kappa shape index (κ2) is 7.07. The van der Waals surface area contributed by atoms with Crippen molar-refractivity contribution in [2.45, 2.75) is 45.6 Å². The molecule has 5 nitrogen and oxygen atoms in total. The Bertz CT molecular complexity index is 351. The molecule has 2 fully saturated rings. The summed E-state index contributed by atoms with van der Waals surface area (Å²) in [6, 6.07) is -0.201. The van der Waals surface area contributed by atoms with Crippen molar-refractivity contribution in [2.24, 2.45) is 5.92 Å². The number of likely N-dealkylation sites (tertiary alicyclic amines) is 1. The van der Waals surface area contributed by atoms with Crippen molar-refractivity contribution in [3.8, 4) is 0 Å². The van der Waals surface area contributed by atoms with Gasteiger partial charge in [-0.05, 0) is 25.2 Å². The number of nitrogens with one attached hydrogen (secondary N) is 1. The van der Waals surface area contributed by atoms with Gasteiger partial charge in [-0.25, -0.2) is 0 Å². The van der Waals surface area contributed by atoms with Gasteiger partial charge in [0, 0.05) is 39.1 Å². The summed E-state index contributed by atoms with van der Waals surface area (Å²) in [4.78, 5) is 28.6. The van der Waals surface area contributed by atoms with Crippen LogP contribution in [0.15, 0.2) is 0 Å². The van der Waals surface area contributed by atoms with E-state index in [9.17, 15) is 9.59 Å². The van der Waals surface area contributed by atoms with E-state index in [1.54, 1.807) is 0 Å². The normalized spacial score (nSPS) is 23.4. The van der Waals surface area contributed by atoms with Gasteiger partial charge in [0.2, 0.25) is 11.8 Å². The van der Waals surface area contributed by atoms with Crippen molar-refractivity contribution >= 4 is 11.8 Å². The van der Waals surface area contributed by atoms with Gasteiger partial charge in [0.15, 0.2) is 0 Å². The van der Waals surface area contributed by atoms with E-state index in [-0.39, 0.29) is 17.9 Å². The zero-order valence-corrected chi connectivity index (χ0v) is 12.7. The van der Waals surface area contributed by atoms with Gasteiger partial charge in [0.25, 0.3) is 0 Å². The molecule has 5 heteroatoms. The monoisotopic (exact) mass is 281 g/mol. The van der Waals surface area contributed by atoms with Crippen LogP contribution in [-0.2, 0) is 9.59 Å². The molecular weight excluding hydrogens is 254 g/mol. The Kier molecular flexibility index (Phi) is 5.40. The van der Waals surface area contributed by atoms with Crippen LogP contribution in [0.1, 0.15) is 39.5 Å². The number of amides is 2. The number of carbonyl (C=O) groups is 2. The number of nitrogens with zero attached hydrogens (tertiary/aromatic N) is 2. The molecule has 2 rings (SSSR count). The molecule has 2 heterocycles. The largest absolute Gasteiger partial charge is 0.338 e. The number of carbonyl (C=O) groups excluding carboxylic acids is 2. The van der Waals surface area contributed by atoms with Crippen LogP contribution in [-0.4, -0.2) is 60.4 Å². The second-order valence-electron chi connectivity index (χ2n) is 6.25. The molecule has 0 saturated carbocycles. The molecule has 1 N–H and O–H groups in total. The van der Waals surface area contributed by atoms with E-state index in [2.05, 4.69) is 19.2 Å². The lowest BCUT2D eigenvalue weighted by atomic mass is 10.1. The first-order valence-corrected chi connectivity index (χ1v) is 7.88. The fourth-order valence-corrected chi connectivity index (χ4v) is 2.97. The van der Waals surface area contributed by atoms with Crippen molar-refractivity contribution in [2.75, 3.05) is 32.7 Å². The molecular formula is C15H27N3O2. The zero-order chi connectivity index (χ0) is 14.5. The highest BCUT2D eigenvalue weighted by Crippen LogP contribution is 2.21. The van der Waals surface area contributed by atoms with Gasteiger partial charge in [-0.2, -0.15) is 0 Å². The minimum Gasteiger partial charge on any atom is -0.338 e. The number of hydrogen-bond acceptors (Lipinski definition) is 3. The highest BCUT2D eigenvalue weighted by atomic mass is 16.2. The van der Waals surface area contributed by atoms with E-state index in [1.165, 1.54) is 0 Å². The molecule has 114 valence electrons. The van der Waals surface area contributed by atoms with E-state index in [0.29, 0.717) is 12.3 Å². The SMILES string of the molecule is CC(C)CCC(=O)N1CCCC1C(=O)N1CCNCC1. The van der Waals surface area contributed by atoms with Crippen molar-refractivity contribution in [1.82, 2.24) is 15.1 Å². The number of hydrogen-bond donors (Lipinski definition) is 1. The highest BCUT2D eigenvalue weighted by molar-refractivity contribution is 5.88. The summed E-state index contributed by atoms with van der Waals surface area (Å²) < 4.78 is 0. The predicted molar refractivity (Wildman–Crippen MR) is 78.3 cm³/mol. The first kappa shape index (κ1) is 15.3. The lowest BCUT2D eigenvalue weighted by Gasteiger charge is -2.33. The molecule has 0 aromatic heterocycles. The Morgan fingerprint density at radius 2 is 1.90 bits per heavy atom. The molecule has 2 amide bonds. The van der Waals surface area contributed by atoms with Crippen LogP contribution in [0, 0.1) is 5.92 Å². The molecule has 0 bridgehead atoms. The van der Waals surface area contributed by atoms with Crippen LogP contribution in [0.25, 0.3) is 0 Å². The zero-order valence-electron chi connectivity index (χ0n) is 12.7. The Hall–Kier alpha value is -1.10. The van der Waals surface area contributed by atoms with Crippen LogP contribution < -0.4 is 5.32 Å². The third-order valence-electron chi connectivity index (χ3n) is 4.22. The Morgan fingerprint density at radius 1 is 1.20 bits per heavy atom. The van der Waals surface area contributed by atoms with Crippen LogP contribution in [0.5, 0.6) is 0 Å². The Balaban J connectivity index is 1.92. The van der Waals surface area contributed by atoms with E-state index in [0.717, 1.165) is 52.0 Å². The fraction of sp³-hybridized carbons (Fsp3) is 0.867. The summed E-state index contributed by atoms with van der Waals surface area (Å²) in [7, 11) is 0. The van der Waals surface area contributed by atoms with Crippen LogP contribution in [0.4, 0.5) is 0 Å². The topological polar surface area (TPSA) is 52.7 Å². The lowest BCUT2D eigenvalue weighted by molar-refractivity contribution is -0.144. The maximum atomic E-state index is 12.6. The number of rotatable bonds is 4. The molecule has 2 aliphatic heterocycles. The molecule has 0 radical (unpaired) electrons. The lowest BCUT2D eigenvalue weighted by Crippen LogP contribution is -2.53. The summed E-state index contributed by atoms with van der Waals surface area (Å²) in [5.74, 6) is 0.843. The van der Waals surface area contributed by atoms with Gasteiger partial charge in [-0.3, -0.25) is 9.59 Å². The minimum atomic E-state index is -0.201. The van der Waals surface area contributed by atoms with E-state index in [4.69, 9.17) is 0 Å². The van der Waals surface area contributed by atoms with Crippen molar-refractivity contribution < 1.29 is 9.59 Å². The summed E-state index contributed by atoms with van der Waals surface area (Å²) in [5.41, 5.74) is 0. The first-order chi connectivity index (χ1) is 9.59. The van der Waals surface area contributed by atoms with Crippen molar-refractivity contribution in [3.05, 3.63) is 0 Å². The van der Waals surface area contributed by atoms with Gasteiger partial charge in [0.05, 0.1) is 0 Å². The molecule has 0 aromatic carbocycles. The molecule has 0 spiro atoms. The Labute approximate surface area is 121 Å². The molecule has 0 aliphatic carbocycles. The number of piperazine rings is 1. The second-order valence-corrected chi connectivity index (χ2v) is 6.25. The van der Waals surface area contributed by atoms with Gasteiger partial charge >= 0.3 is 0 Å². The van der Waals surface area contributed by atoms with Gasteiger partial charge < -0.3 is 15.1 Å².